The van der Waals surface area contributed by atoms with Crippen molar-refractivity contribution in [2.24, 2.45) is 0 Å². The van der Waals surface area contributed by atoms with Crippen LogP contribution in [0.1, 0.15) is 63.1 Å². The van der Waals surface area contributed by atoms with E-state index in [-0.39, 0.29) is 11.5 Å². The Hall–Kier alpha value is -0.910. The van der Waals surface area contributed by atoms with Crippen LogP contribution in [0.3, 0.4) is 0 Å². The molecule has 24 heavy (non-hydrogen) atoms. The van der Waals surface area contributed by atoms with Gasteiger partial charge in [0, 0.05) is 18.1 Å². The van der Waals surface area contributed by atoms with Gasteiger partial charge >= 0.3 is 0 Å². The lowest BCUT2D eigenvalue weighted by Crippen LogP contribution is -2.48. The summed E-state index contributed by atoms with van der Waals surface area (Å²) in [5, 5.41) is 3.56. The van der Waals surface area contributed by atoms with Crippen molar-refractivity contribution in [2.45, 2.75) is 88.7 Å². The highest BCUT2D eigenvalue weighted by molar-refractivity contribution is 7.89. The minimum atomic E-state index is -3.48. The van der Waals surface area contributed by atoms with Crippen LogP contribution in [0, 0.1) is 13.8 Å². The standard InChI is InChI=1S/C19H30N2O2S/c1-12-8-14(19(3,4)5)9-13(2)18(12)24(22,23)21-17-10-15-6-7-16(11-17)20-15/h8-9,15-17,20-21H,6-7,10-11H2,1-5H3. The van der Waals surface area contributed by atoms with Crippen molar-refractivity contribution in [1.82, 2.24) is 10.0 Å². The Balaban J connectivity index is 1.87. The average Bonchev–Trinajstić information content (AvgIpc) is 2.75. The molecular formula is C19H30N2O2S. The molecule has 2 saturated heterocycles. The first kappa shape index (κ1) is 17.9. The lowest BCUT2D eigenvalue weighted by molar-refractivity contribution is 0.345. The summed E-state index contributed by atoms with van der Waals surface area (Å²) in [4.78, 5) is 0.460. The summed E-state index contributed by atoms with van der Waals surface area (Å²) >= 11 is 0. The van der Waals surface area contributed by atoms with Crippen molar-refractivity contribution in [1.29, 1.82) is 0 Å². The zero-order valence-corrected chi connectivity index (χ0v) is 16.3. The summed E-state index contributed by atoms with van der Waals surface area (Å²) in [7, 11) is -3.48. The fourth-order valence-electron chi connectivity index (χ4n) is 4.24. The van der Waals surface area contributed by atoms with Gasteiger partial charge in [0.2, 0.25) is 10.0 Å². The Labute approximate surface area is 146 Å². The van der Waals surface area contributed by atoms with Crippen LogP contribution in [0.4, 0.5) is 0 Å². The Morgan fingerprint density at radius 3 is 2.00 bits per heavy atom. The number of rotatable bonds is 3. The van der Waals surface area contributed by atoms with E-state index in [1.54, 1.807) is 0 Å². The lowest BCUT2D eigenvalue weighted by atomic mass is 9.85. The van der Waals surface area contributed by atoms with E-state index >= 15 is 0 Å². The topological polar surface area (TPSA) is 58.2 Å². The molecule has 2 fully saturated rings. The maximum absolute atomic E-state index is 13.0. The number of fused-ring (bicyclic) bond motifs is 2. The molecule has 0 amide bonds. The number of hydrogen-bond acceptors (Lipinski definition) is 3. The van der Waals surface area contributed by atoms with Gasteiger partial charge in [-0.25, -0.2) is 13.1 Å². The maximum atomic E-state index is 13.0. The van der Waals surface area contributed by atoms with Crippen LogP contribution in [0.15, 0.2) is 17.0 Å². The highest BCUT2D eigenvalue weighted by Crippen LogP contribution is 2.31. The molecule has 0 radical (unpaired) electrons. The molecule has 2 unspecified atom stereocenters. The van der Waals surface area contributed by atoms with Crippen LogP contribution >= 0.6 is 0 Å². The molecule has 1 aromatic carbocycles. The Kier molecular flexibility index (Phi) is 4.56. The molecule has 4 nitrogen and oxygen atoms in total. The molecule has 2 aliphatic rings. The number of benzene rings is 1. The largest absolute Gasteiger partial charge is 0.311 e. The molecule has 2 bridgehead atoms. The van der Waals surface area contributed by atoms with Crippen LogP contribution in [0.5, 0.6) is 0 Å². The van der Waals surface area contributed by atoms with E-state index in [0.717, 1.165) is 24.0 Å². The second-order valence-corrected chi connectivity index (χ2v) is 10.3. The molecule has 3 rings (SSSR count). The summed E-state index contributed by atoms with van der Waals surface area (Å²) in [6, 6.07) is 5.04. The third-order valence-corrected chi connectivity index (χ3v) is 7.22. The van der Waals surface area contributed by atoms with E-state index in [1.807, 2.05) is 26.0 Å². The lowest BCUT2D eigenvalue weighted by Gasteiger charge is -2.30. The van der Waals surface area contributed by atoms with Crippen LogP contribution in [0.25, 0.3) is 0 Å². The average molecular weight is 351 g/mol. The van der Waals surface area contributed by atoms with Crippen molar-refractivity contribution in [2.75, 3.05) is 0 Å². The zero-order chi connectivity index (χ0) is 17.7. The number of hydrogen-bond donors (Lipinski definition) is 2. The SMILES string of the molecule is Cc1cc(C(C)(C)C)cc(C)c1S(=O)(=O)NC1CC2CCC(C1)N2. The highest BCUT2D eigenvalue weighted by atomic mass is 32.2. The van der Waals surface area contributed by atoms with Gasteiger partial charge in [-0.1, -0.05) is 32.9 Å². The highest BCUT2D eigenvalue weighted by Gasteiger charge is 2.36. The van der Waals surface area contributed by atoms with Crippen molar-refractivity contribution in [3.05, 3.63) is 28.8 Å². The van der Waals surface area contributed by atoms with E-state index in [9.17, 15) is 8.42 Å². The van der Waals surface area contributed by atoms with Gasteiger partial charge in [-0.2, -0.15) is 0 Å². The minimum Gasteiger partial charge on any atom is -0.311 e. The first-order valence-electron chi connectivity index (χ1n) is 8.96. The van der Waals surface area contributed by atoms with Gasteiger partial charge in [-0.3, -0.25) is 0 Å². The van der Waals surface area contributed by atoms with E-state index in [1.165, 1.54) is 18.4 Å². The van der Waals surface area contributed by atoms with Crippen molar-refractivity contribution < 1.29 is 8.42 Å². The van der Waals surface area contributed by atoms with Gasteiger partial charge in [0.05, 0.1) is 4.90 Å². The van der Waals surface area contributed by atoms with Gasteiger partial charge in [0.25, 0.3) is 0 Å². The molecule has 0 aromatic heterocycles. The molecule has 2 aliphatic heterocycles. The van der Waals surface area contributed by atoms with Gasteiger partial charge in [-0.05, 0) is 61.6 Å². The molecule has 1 aromatic rings. The predicted molar refractivity (Wildman–Crippen MR) is 97.9 cm³/mol. The van der Waals surface area contributed by atoms with Gasteiger partial charge in [0.15, 0.2) is 0 Å². The molecule has 134 valence electrons. The summed E-state index contributed by atoms with van der Waals surface area (Å²) in [6.45, 7) is 10.3. The van der Waals surface area contributed by atoms with Crippen LogP contribution in [0.2, 0.25) is 0 Å². The van der Waals surface area contributed by atoms with Crippen LogP contribution < -0.4 is 10.0 Å². The summed E-state index contributed by atoms with van der Waals surface area (Å²) in [6.07, 6.45) is 4.13. The van der Waals surface area contributed by atoms with E-state index in [4.69, 9.17) is 0 Å². The van der Waals surface area contributed by atoms with Gasteiger partial charge in [-0.15, -0.1) is 0 Å². The van der Waals surface area contributed by atoms with Gasteiger partial charge < -0.3 is 5.32 Å². The molecule has 0 saturated carbocycles. The van der Waals surface area contributed by atoms with Gasteiger partial charge in [0.1, 0.15) is 0 Å². The quantitative estimate of drug-likeness (QED) is 0.880. The van der Waals surface area contributed by atoms with Crippen molar-refractivity contribution in [3.8, 4) is 0 Å². The summed E-state index contributed by atoms with van der Waals surface area (Å²) < 4.78 is 29.0. The molecule has 0 spiro atoms. The summed E-state index contributed by atoms with van der Waals surface area (Å²) in [5.74, 6) is 0. The molecule has 2 atom stereocenters. The normalized spacial score (nSPS) is 27.5. The third-order valence-electron chi connectivity index (χ3n) is 5.39. The van der Waals surface area contributed by atoms with Crippen molar-refractivity contribution >= 4 is 10.0 Å². The Morgan fingerprint density at radius 1 is 1.04 bits per heavy atom. The predicted octanol–water partition coefficient (Wildman–Crippen LogP) is 3.16. The number of piperidine rings is 1. The minimum absolute atomic E-state index is 0.0134. The molecule has 0 aliphatic carbocycles. The second-order valence-electron chi connectivity index (χ2n) is 8.62. The molecule has 2 N–H and O–H groups in total. The fraction of sp³-hybridized carbons (Fsp3) is 0.684. The Bertz CT molecular complexity index is 699. The smallest absolute Gasteiger partial charge is 0.241 e. The van der Waals surface area contributed by atoms with Crippen LogP contribution in [-0.4, -0.2) is 26.5 Å². The molecule has 2 heterocycles. The Morgan fingerprint density at radius 2 is 1.54 bits per heavy atom. The number of aryl methyl sites for hydroxylation is 2. The van der Waals surface area contributed by atoms with Crippen molar-refractivity contribution in [3.63, 3.8) is 0 Å². The van der Waals surface area contributed by atoms with Crippen LogP contribution in [-0.2, 0) is 15.4 Å². The number of nitrogens with one attached hydrogen (secondary N) is 2. The van der Waals surface area contributed by atoms with E-state index < -0.39 is 10.0 Å². The third kappa shape index (κ3) is 3.53. The van der Waals surface area contributed by atoms with E-state index in [2.05, 4.69) is 30.8 Å². The first-order chi connectivity index (χ1) is 11.1. The second kappa shape index (κ2) is 6.11. The fourth-order valence-corrected chi connectivity index (χ4v) is 5.95. The summed E-state index contributed by atoms with van der Waals surface area (Å²) in [5.41, 5.74) is 2.87. The maximum Gasteiger partial charge on any atom is 0.241 e. The monoisotopic (exact) mass is 350 g/mol. The number of sulfonamides is 1. The first-order valence-corrected chi connectivity index (χ1v) is 10.4. The molecule has 5 heteroatoms. The molecular weight excluding hydrogens is 320 g/mol. The van der Waals surface area contributed by atoms with E-state index in [0.29, 0.717) is 17.0 Å². The zero-order valence-electron chi connectivity index (χ0n) is 15.4.